The Labute approximate surface area is 180 Å². The van der Waals surface area contributed by atoms with Crippen molar-refractivity contribution in [1.82, 2.24) is 14.7 Å². The van der Waals surface area contributed by atoms with Crippen LogP contribution in [-0.4, -0.2) is 37.3 Å². The first kappa shape index (κ1) is 22.2. The summed E-state index contributed by atoms with van der Waals surface area (Å²) in [7, 11) is -1.09. The zero-order valence-corrected chi connectivity index (χ0v) is 18.5. The van der Waals surface area contributed by atoms with Gasteiger partial charge in [-0.05, 0) is 44.2 Å². The van der Waals surface area contributed by atoms with Crippen molar-refractivity contribution in [1.29, 1.82) is 0 Å². The molecular formula is C21H24N4O5S. The number of rotatable bonds is 7. The smallest absolute Gasteiger partial charge is 0.296 e. The van der Waals surface area contributed by atoms with Gasteiger partial charge in [0.2, 0.25) is 0 Å². The van der Waals surface area contributed by atoms with Crippen molar-refractivity contribution in [2.24, 2.45) is 7.05 Å². The van der Waals surface area contributed by atoms with Crippen LogP contribution in [0.4, 0.5) is 5.69 Å². The van der Waals surface area contributed by atoms with Gasteiger partial charge in [0.15, 0.2) is 0 Å². The molecular weight excluding hydrogens is 420 g/mol. The van der Waals surface area contributed by atoms with Crippen molar-refractivity contribution in [2.75, 3.05) is 18.4 Å². The van der Waals surface area contributed by atoms with Gasteiger partial charge in [-0.2, -0.15) is 0 Å². The topological polar surface area (TPSA) is 111 Å². The van der Waals surface area contributed by atoms with Crippen LogP contribution >= 0.6 is 0 Å². The molecule has 0 aliphatic rings. The van der Waals surface area contributed by atoms with Crippen LogP contribution in [0.3, 0.4) is 0 Å². The first-order valence-corrected chi connectivity index (χ1v) is 11.0. The van der Waals surface area contributed by atoms with Gasteiger partial charge in [-0.1, -0.05) is 18.2 Å². The summed E-state index contributed by atoms with van der Waals surface area (Å²) in [5.41, 5.74) is 0.550. The first-order chi connectivity index (χ1) is 14.7. The van der Waals surface area contributed by atoms with Crippen molar-refractivity contribution >= 4 is 21.6 Å². The summed E-state index contributed by atoms with van der Waals surface area (Å²) in [6, 6.07) is 12.8. The highest BCUT2D eigenvalue weighted by Gasteiger charge is 2.24. The molecule has 0 saturated carbocycles. The van der Waals surface area contributed by atoms with Crippen LogP contribution in [0.25, 0.3) is 5.69 Å². The Balaban J connectivity index is 2.05. The molecule has 0 radical (unpaired) electrons. The number of hydrogen-bond acceptors (Lipinski definition) is 5. The highest BCUT2D eigenvalue weighted by molar-refractivity contribution is 7.92. The van der Waals surface area contributed by atoms with Crippen LogP contribution in [0.1, 0.15) is 23.0 Å². The van der Waals surface area contributed by atoms with E-state index in [-0.39, 0.29) is 21.9 Å². The molecule has 3 aromatic rings. The number of benzene rings is 2. The molecule has 0 bridgehead atoms. The van der Waals surface area contributed by atoms with Crippen molar-refractivity contribution in [2.45, 2.75) is 18.7 Å². The third-order valence-corrected chi connectivity index (χ3v) is 6.20. The van der Waals surface area contributed by atoms with Gasteiger partial charge in [-0.3, -0.25) is 19.0 Å². The van der Waals surface area contributed by atoms with E-state index in [1.165, 1.54) is 30.0 Å². The molecule has 10 heteroatoms. The average molecular weight is 445 g/mol. The maximum Gasteiger partial charge on any atom is 0.296 e. The average Bonchev–Trinajstić information content (AvgIpc) is 2.96. The summed E-state index contributed by atoms with van der Waals surface area (Å²) in [6.07, 6.45) is 0. The second-order valence-corrected chi connectivity index (χ2v) is 8.45. The van der Waals surface area contributed by atoms with Crippen LogP contribution in [0.5, 0.6) is 5.75 Å². The summed E-state index contributed by atoms with van der Waals surface area (Å²) < 4.78 is 36.6. The lowest BCUT2D eigenvalue weighted by Gasteiger charge is -2.12. The maximum absolute atomic E-state index is 13.1. The Morgan fingerprint density at radius 1 is 1.13 bits per heavy atom. The number of methoxy groups -OCH3 is 1. The number of para-hydroxylation sites is 1. The molecule has 9 nitrogen and oxygen atoms in total. The van der Waals surface area contributed by atoms with Gasteiger partial charge in [0.1, 0.15) is 11.4 Å². The summed E-state index contributed by atoms with van der Waals surface area (Å²) in [4.78, 5) is 25.2. The maximum atomic E-state index is 13.1. The molecule has 0 saturated heterocycles. The lowest BCUT2D eigenvalue weighted by Crippen LogP contribution is -2.25. The number of ether oxygens (including phenoxy) is 1. The fraction of sp³-hybridized carbons (Fsp3) is 0.238. The molecule has 0 fully saturated rings. The van der Waals surface area contributed by atoms with Gasteiger partial charge >= 0.3 is 0 Å². The second kappa shape index (κ2) is 8.68. The lowest BCUT2D eigenvalue weighted by atomic mass is 10.2. The number of hydrogen-bond donors (Lipinski definition) is 2. The Morgan fingerprint density at radius 3 is 2.42 bits per heavy atom. The number of sulfonamides is 1. The lowest BCUT2D eigenvalue weighted by molar-refractivity contribution is 0.0952. The van der Waals surface area contributed by atoms with Gasteiger partial charge in [-0.15, -0.1) is 0 Å². The summed E-state index contributed by atoms with van der Waals surface area (Å²) in [5, 5.41) is 2.62. The highest BCUT2D eigenvalue weighted by atomic mass is 32.2. The van der Waals surface area contributed by atoms with E-state index in [4.69, 9.17) is 4.74 Å². The minimum absolute atomic E-state index is 0.0678. The van der Waals surface area contributed by atoms with Crippen LogP contribution in [-0.2, 0) is 17.1 Å². The Bertz CT molecular complexity index is 1280. The second-order valence-electron chi connectivity index (χ2n) is 6.76. The van der Waals surface area contributed by atoms with Crippen LogP contribution in [0.2, 0.25) is 0 Å². The summed E-state index contributed by atoms with van der Waals surface area (Å²) in [5.74, 6) is -0.217. The van der Waals surface area contributed by atoms with E-state index in [2.05, 4.69) is 10.0 Å². The molecule has 164 valence electrons. The molecule has 31 heavy (non-hydrogen) atoms. The van der Waals surface area contributed by atoms with E-state index in [0.717, 1.165) is 0 Å². The first-order valence-electron chi connectivity index (χ1n) is 9.54. The zero-order valence-electron chi connectivity index (χ0n) is 17.7. The molecule has 3 rings (SSSR count). The van der Waals surface area contributed by atoms with Gasteiger partial charge in [0.25, 0.3) is 21.5 Å². The summed E-state index contributed by atoms with van der Waals surface area (Å²) >= 11 is 0. The molecule has 0 spiro atoms. The molecule has 0 aliphatic heterocycles. The summed E-state index contributed by atoms with van der Waals surface area (Å²) in [6.45, 7) is 3.77. The third-order valence-electron chi connectivity index (χ3n) is 4.85. The number of carbonyl (C=O) groups is 1. The van der Waals surface area contributed by atoms with Gasteiger partial charge in [-0.25, -0.2) is 13.1 Å². The van der Waals surface area contributed by atoms with Crippen molar-refractivity contribution in [3.05, 3.63) is 70.1 Å². The van der Waals surface area contributed by atoms with Crippen molar-refractivity contribution in [3.63, 3.8) is 0 Å². The number of nitrogens with zero attached hydrogens (tertiary/aromatic N) is 2. The Kier molecular flexibility index (Phi) is 6.21. The van der Waals surface area contributed by atoms with Crippen molar-refractivity contribution in [3.8, 4) is 11.4 Å². The Hall–Kier alpha value is -3.53. The molecule has 1 amide bonds. The number of anilines is 1. The fourth-order valence-corrected chi connectivity index (χ4v) is 4.31. The minimum Gasteiger partial charge on any atom is -0.496 e. The predicted molar refractivity (Wildman–Crippen MR) is 118 cm³/mol. The molecule has 2 aromatic carbocycles. The number of aromatic nitrogens is 2. The van der Waals surface area contributed by atoms with Gasteiger partial charge < -0.3 is 10.1 Å². The van der Waals surface area contributed by atoms with Crippen molar-refractivity contribution < 1.29 is 17.9 Å². The van der Waals surface area contributed by atoms with E-state index >= 15 is 0 Å². The third kappa shape index (κ3) is 4.19. The van der Waals surface area contributed by atoms with E-state index in [1.54, 1.807) is 49.8 Å². The largest absolute Gasteiger partial charge is 0.496 e. The molecule has 0 unspecified atom stereocenters. The molecule has 0 aliphatic carbocycles. The van der Waals surface area contributed by atoms with E-state index in [0.29, 0.717) is 17.9 Å². The zero-order chi connectivity index (χ0) is 22.8. The van der Waals surface area contributed by atoms with Gasteiger partial charge in [0.05, 0.1) is 29.0 Å². The molecule has 2 N–H and O–H groups in total. The Morgan fingerprint density at radius 2 is 1.81 bits per heavy atom. The molecule has 1 heterocycles. The minimum atomic E-state index is -4.15. The predicted octanol–water partition coefficient (Wildman–Crippen LogP) is 2.04. The van der Waals surface area contributed by atoms with E-state index < -0.39 is 21.5 Å². The number of nitrogens with one attached hydrogen (secondary N) is 2. The standard InChI is InChI=1S/C21H24N4O5S/c1-5-22-20(26)17-13-16(11-12-18(17)30-4)31(28,29)23-19-14(2)24(3)25(21(19)27)15-9-7-6-8-10-15/h6-13,23H,5H2,1-4H3,(H,22,26). The van der Waals surface area contributed by atoms with E-state index in [9.17, 15) is 18.0 Å². The van der Waals surface area contributed by atoms with Crippen LogP contribution in [0.15, 0.2) is 58.2 Å². The highest BCUT2D eigenvalue weighted by Crippen LogP contribution is 2.24. The molecule has 0 atom stereocenters. The van der Waals surface area contributed by atoms with Gasteiger partial charge in [0, 0.05) is 13.6 Å². The SMILES string of the molecule is CCNC(=O)c1cc(S(=O)(=O)Nc2c(C)n(C)n(-c3ccccc3)c2=O)ccc1OC. The number of amides is 1. The molecule has 1 aromatic heterocycles. The normalized spacial score (nSPS) is 11.2. The van der Waals surface area contributed by atoms with Crippen LogP contribution < -0.4 is 20.3 Å². The number of carbonyl (C=O) groups excluding carboxylic acids is 1. The monoisotopic (exact) mass is 444 g/mol. The quantitative estimate of drug-likeness (QED) is 0.579. The van der Waals surface area contributed by atoms with E-state index in [1.807, 2.05) is 6.07 Å². The fourth-order valence-electron chi connectivity index (χ4n) is 3.17. The van der Waals surface area contributed by atoms with Crippen LogP contribution in [0, 0.1) is 6.92 Å².